The van der Waals surface area contributed by atoms with E-state index in [1.54, 1.807) is 0 Å². The van der Waals surface area contributed by atoms with Crippen molar-refractivity contribution in [3.63, 3.8) is 0 Å². The second kappa shape index (κ2) is 50.3. The van der Waals surface area contributed by atoms with Crippen LogP contribution in [0.25, 0.3) is 0 Å². The maximum absolute atomic E-state index is 13.5. The molecule has 0 heterocycles. The number of hydrogen-bond acceptors (Lipinski definition) is 6. The average molecular weight is 1000 g/mol. The predicted octanol–water partition coefficient (Wildman–Crippen LogP) is 17.5. The molecule has 0 rings (SSSR count). The smallest absolute Gasteiger partial charge is 0.456 e. The van der Waals surface area contributed by atoms with Gasteiger partial charge in [0.1, 0.15) is 19.3 Å². The molecular formula is C60H112N2O7P+. The third-order valence-corrected chi connectivity index (χ3v) is 13.7. The summed E-state index contributed by atoms with van der Waals surface area (Å²) in [7, 11) is 1.47. The molecule has 0 saturated carbocycles. The highest BCUT2D eigenvalue weighted by Gasteiger charge is 2.30. The molecule has 0 saturated heterocycles. The summed E-state index contributed by atoms with van der Waals surface area (Å²) in [6, 6.07) is -0.863. The van der Waals surface area contributed by atoms with Gasteiger partial charge in [0.05, 0.1) is 33.8 Å². The van der Waals surface area contributed by atoms with Gasteiger partial charge in [-0.25, -0.2) is 4.57 Å². The van der Waals surface area contributed by atoms with Crippen molar-refractivity contribution in [3.05, 3.63) is 60.8 Å². The quantitative estimate of drug-likeness (QED) is 0.0205. The molecule has 0 aromatic rings. The van der Waals surface area contributed by atoms with Crippen LogP contribution >= 0.6 is 7.82 Å². The first-order chi connectivity index (χ1) is 33.9. The molecule has 0 aromatic heterocycles. The lowest BCUT2D eigenvalue weighted by molar-refractivity contribution is -0.870. The van der Waals surface area contributed by atoms with E-state index in [1.807, 2.05) is 33.3 Å². The second-order valence-corrected chi connectivity index (χ2v) is 22.2. The van der Waals surface area contributed by atoms with Gasteiger partial charge in [-0.05, 0) is 70.3 Å². The van der Waals surface area contributed by atoms with E-state index in [0.717, 1.165) is 83.5 Å². The zero-order valence-corrected chi connectivity index (χ0v) is 47.4. The number of amides is 1. The van der Waals surface area contributed by atoms with E-state index in [9.17, 15) is 19.0 Å². The number of carbonyl (C=O) groups is 2. The van der Waals surface area contributed by atoms with E-state index in [0.29, 0.717) is 23.9 Å². The summed E-state index contributed by atoms with van der Waals surface area (Å²) in [5.74, 6) is -0.536. The number of nitrogens with zero attached hydrogens (tertiary/aromatic N) is 1. The van der Waals surface area contributed by atoms with Gasteiger partial charge in [0.2, 0.25) is 5.91 Å². The number of rotatable bonds is 52. The highest BCUT2D eigenvalue weighted by atomic mass is 31.2. The largest absolute Gasteiger partial charge is 0.472 e. The van der Waals surface area contributed by atoms with Crippen LogP contribution in [0.3, 0.4) is 0 Å². The molecule has 3 atom stereocenters. The molecule has 0 fully saturated rings. The van der Waals surface area contributed by atoms with Crippen molar-refractivity contribution in [3.8, 4) is 0 Å². The monoisotopic (exact) mass is 1000 g/mol. The Morgan fingerprint density at radius 1 is 0.514 bits per heavy atom. The third-order valence-electron chi connectivity index (χ3n) is 12.7. The van der Waals surface area contributed by atoms with Crippen molar-refractivity contribution in [1.82, 2.24) is 5.32 Å². The maximum atomic E-state index is 13.5. The minimum atomic E-state index is -4.45. The molecule has 2 N–H and O–H groups in total. The number of nitrogens with one attached hydrogen (secondary N) is 1. The van der Waals surface area contributed by atoms with Gasteiger partial charge in [-0.3, -0.25) is 18.6 Å². The maximum Gasteiger partial charge on any atom is 0.472 e. The number of hydrogen-bond donors (Lipinski definition) is 2. The molecule has 408 valence electrons. The van der Waals surface area contributed by atoms with Crippen molar-refractivity contribution in [2.45, 2.75) is 270 Å². The number of carbonyl (C=O) groups excluding carboxylic acids is 2. The van der Waals surface area contributed by atoms with Gasteiger partial charge < -0.3 is 19.4 Å². The van der Waals surface area contributed by atoms with Crippen molar-refractivity contribution < 1.29 is 37.3 Å². The Bertz CT molecular complexity index is 1390. The highest BCUT2D eigenvalue weighted by molar-refractivity contribution is 7.47. The molecular weight excluding hydrogens is 892 g/mol. The molecule has 0 spiro atoms. The van der Waals surface area contributed by atoms with Crippen molar-refractivity contribution in [2.75, 3.05) is 40.9 Å². The van der Waals surface area contributed by atoms with Crippen molar-refractivity contribution >= 4 is 19.7 Å². The zero-order chi connectivity index (χ0) is 51.5. The number of phosphoric ester groups is 1. The van der Waals surface area contributed by atoms with Gasteiger partial charge in [0.25, 0.3) is 0 Å². The first kappa shape index (κ1) is 67.7. The molecule has 0 aliphatic carbocycles. The van der Waals surface area contributed by atoms with E-state index in [-0.39, 0.29) is 31.5 Å². The minimum Gasteiger partial charge on any atom is -0.456 e. The van der Waals surface area contributed by atoms with Crippen LogP contribution in [0.2, 0.25) is 0 Å². The standard InChI is InChI=1S/C60H111N2O7P/c1-7-10-13-16-19-22-25-28-30-32-34-37-40-43-46-49-52-59(63)61-57(56-68-70(65,66)67-55-54-62(4,5)6)58(51-48-45-42-39-36-33-27-24-21-18-15-12-9-3)69-60(64)53-50-47-44-41-38-35-31-29-26-23-20-17-14-11-8-2/h10,13,19,22,28,30,34,37,48,51,57-58H,7-9,11-12,14-18,20-21,23-27,29,31-33,35-36,38-47,49-50,52-56H2,1-6H3,(H-,61,63,65,66)/p+1/b13-10+,22-19+,30-28+,37-34+,51-48+. The molecule has 0 aliphatic rings. The van der Waals surface area contributed by atoms with Crippen LogP contribution in [0, 0.1) is 0 Å². The van der Waals surface area contributed by atoms with Crippen LogP contribution in [-0.4, -0.2) is 74.3 Å². The zero-order valence-electron chi connectivity index (χ0n) is 46.5. The van der Waals surface area contributed by atoms with Gasteiger partial charge in [-0.2, -0.15) is 0 Å². The Morgan fingerprint density at radius 3 is 1.39 bits per heavy atom. The van der Waals surface area contributed by atoms with Gasteiger partial charge in [-0.1, -0.05) is 236 Å². The fourth-order valence-corrected chi connectivity index (χ4v) is 8.96. The minimum absolute atomic E-state index is 0.0335. The molecule has 0 aliphatic heterocycles. The lowest BCUT2D eigenvalue weighted by atomic mass is 10.0. The Kier molecular flexibility index (Phi) is 48.6. The summed E-state index contributed by atoms with van der Waals surface area (Å²) >= 11 is 0. The number of likely N-dealkylation sites (N-methyl/N-ethyl adjacent to an activating group) is 1. The summed E-state index contributed by atoms with van der Waals surface area (Å²) < 4.78 is 30.6. The molecule has 3 unspecified atom stereocenters. The van der Waals surface area contributed by atoms with Gasteiger partial charge in [0, 0.05) is 12.8 Å². The normalized spacial score (nSPS) is 14.2. The second-order valence-electron chi connectivity index (χ2n) is 20.8. The number of ether oxygens (including phenoxy) is 1. The van der Waals surface area contributed by atoms with Gasteiger partial charge >= 0.3 is 13.8 Å². The topological polar surface area (TPSA) is 111 Å². The van der Waals surface area contributed by atoms with Gasteiger partial charge in [0.15, 0.2) is 0 Å². The first-order valence-corrected chi connectivity index (χ1v) is 30.6. The molecule has 10 heteroatoms. The number of phosphoric acid groups is 1. The Hall–Kier alpha value is -2.29. The fourth-order valence-electron chi connectivity index (χ4n) is 8.23. The van der Waals surface area contributed by atoms with Crippen LogP contribution in [-0.2, 0) is 27.9 Å². The van der Waals surface area contributed by atoms with E-state index >= 15 is 0 Å². The SMILES string of the molecule is CC/C=C/C/C=C/C/C=C/C/C=C/CCCCCC(=O)NC(COP(=O)(O)OCC[N+](C)(C)C)C(/C=C/CCCCCCCCCCCCC)OC(=O)CCCCCCCCCCCCCCCCC. The Morgan fingerprint density at radius 2 is 0.914 bits per heavy atom. The fraction of sp³-hybridized carbons (Fsp3) is 0.800. The first-order valence-electron chi connectivity index (χ1n) is 29.1. The number of esters is 1. The highest BCUT2D eigenvalue weighted by Crippen LogP contribution is 2.43. The van der Waals surface area contributed by atoms with Crippen LogP contribution in [0.4, 0.5) is 0 Å². The number of allylic oxidation sites excluding steroid dienone is 9. The molecule has 0 aromatic carbocycles. The van der Waals surface area contributed by atoms with Crippen molar-refractivity contribution in [1.29, 1.82) is 0 Å². The third kappa shape index (κ3) is 50.6. The van der Waals surface area contributed by atoms with E-state index < -0.39 is 20.0 Å². The molecule has 0 radical (unpaired) electrons. The molecule has 1 amide bonds. The lowest BCUT2D eigenvalue weighted by Crippen LogP contribution is -2.47. The number of unbranched alkanes of at least 4 members (excludes halogenated alkanes) is 28. The summed E-state index contributed by atoms with van der Waals surface area (Å²) in [6.45, 7) is 6.88. The van der Waals surface area contributed by atoms with E-state index in [1.165, 1.54) is 135 Å². The summed E-state index contributed by atoms with van der Waals surface area (Å²) in [5.41, 5.74) is 0. The Balaban J connectivity index is 5.41. The average Bonchev–Trinajstić information content (AvgIpc) is 3.32. The van der Waals surface area contributed by atoms with Gasteiger partial charge in [-0.15, -0.1) is 0 Å². The van der Waals surface area contributed by atoms with E-state index in [4.69, 9.17) is 13.8 Å². The summed E-state index contributed by atoms with van der Waals surface area (Å²) in [4.78, 5) is 37.6. The molecule has 70 heavy (non-hydrogen) atoms. The predicted molar refractivity (Wildman–Crippen MR) is 300 cm³/mol. The Labute approximate surface area is 432 Å². The summed E-state index contributed by atoms with van der Waals surface area (Å²) in [5, 5.41) is 3.03. The number of quaternary nitrogens is 1. The molecule has 9 nitrogen and oxygen atoms in total. The van der Waals surface area contributed by atoms with Crippen LogP contribution < -0.4 is 5.32 Å². The van der Waals surface area contributed by atoms with Crippen LogP contribution in [0.1, 0.15) is 258 Å². The van der Waals surface area contributed by atoms with Crippen LogP contribution in [0.15, 0.2) is 60.8 Å². The van der Waals surface area contributed by atoms with E-state index in [2.05, 4.69) is 74.7 Å². The molecule has 0 bridgehead atoms. The lowest BCUT2D eigenvalue weighted by Gasteiger charge is -2.27. The van der Waals surface area contributed by atoms with Crippen molar-refractivity contribution in [2.24, 2.45) is 0 Å². The summed E-state index contributed by atoms with van der Waals surface area (Å²) in [6.07, 6.45) is 62.1. The van der Waals surface area contributed by atoms with Crippen LogP contribution in [0.5, 0.6) is 0 Å².